The number of benzene rings is 1. The zero-order chi connectivity index (χ0) is 9.68. The largest absolute Gasteiger partial charge is 0.492 e. The smallest absolute Gasteiger partial charge is 0.137 e. The second-order valence-corrected chi connectivity index (χ2v) is 2.53. The molecule has 0 bridgehead atoms. The molecule has 1 rings (SSSR count). The molecular weight excluding hydrogens is 166 g/mol. The normalized spacial score (nSPS) is 9.31. The summed E-state index contributed by atoms with van der Waals surface area (Å²) < 4.78 is 5.22. The molecule has 0 unspecified atom stereocenters. The average molecular weight is 177 g/mol. The van der Waals surface area contributed by atoms with Crippen LogP contribution in [0.1, 0.15) is 18.1 Å². The van der Waals surface area contributed by atoms with Crippen LogP contribution >= 0.6 is 0 Å². The van der Waals surface area contributed by atoms with Gasteiger partial charge in [0.1, 0.15) is 11.8 Å². The molecule has 0 aliphatic carbocycles. The zero-order valence-corrected chi connectivity index (χ0v) is 7.45. The van der Waals surface area contributed by atoms with Gasteiger partial charge >= 0.3 is 0 Å². The van der Waals surface area contributed by atoms with Crippen LogP contribution in [-0.2, 0) is 6.61 Å². The molecule has 0 fully saturated rings. The Morgan fingerprint density at radius 2 is 2.31 bits per heavy atom. The van der Waals surface area contributed by atoms with Gasteiger partial charge in [0, 0.05) is 0 Å². The monoisotopic (exact) mass is 177 g/mol. The number of aliphatic hydroxyl groups is 1. The van der Waals surface area contributed by atoms with E-state index in [9.17, 15) is 0 Å². The highest BCUT2D eigenvalue weighted by atomic mass is 16.5. The van der Waals surface area contributed by atoms with Gasteiger partial charge in [0.2, 0.25) is 0 Å². The predicted octanol–water partition coefficient (Wildman–Crippen LogP) is 1.45. The second kappa shape index (κ2) is 4.48. The third kappa shape index (κ3) is 2.20. The molecule has 1 aromatic rings. The molecule has 3 nitrogen and oxygen atoms in total. The Morgan fingerprint density at radius 3 is 2.85 bits per heavy atom. The maximum absolute atomic E-state index is 8.83. The Hall–Kier alpha value is -1.53. The van der Waals surface area contributed by atoms with E-state index in [1.165, 1.54) is 0 Å². The van der Waals surface area contributed by atoms with Crippen LogP contribution in [0.5, 0.6) is 5.75 Å². The van der Waals surface area contributed by atoms with E-state index in [4.69, 9.17) is 15.1 Å². The third-order valence-corrected chi connectivity index (χ3v) is 1.65. The molecule has 0 heterocycles. The molecule has 0 saturated carbocycles. The van der Waals surface area contributed by atoms with Crippen molar-refractivity contribution in [1.82, 2.24) is 0 Å². The summed E-state index contributed by atoms with van der Waals surface area (Å²) in [5.41, 5.74) is 1.19. The first-order valence-electron chi connectivity index (χ1n) is 4.08. The minimum Gasteiger partial charge on any atom is -0.492 e. The first-order chi connectivity index (χ1) is 6.31. The number of rotatable bonds is 3. The molecule has 3 heteroatoms. The van der Waals surface area contributed by atoms with Gasteiger partial charge in [-0.2, -0.15) is 5.26 Å². The fraction of sp³-hybridized carbons (Fsp3) is 0.300. The van der Waals surface area contributed by atoms with E-state index in [0.717, 1.165) is 5.56 Å². The van der Waals surface area contributed by atoms with E-state index in [1.807, 2.05) is 13.0 Å². The lowest BCUT2D eigenvalue weighted by atomic mass is 10.1. The van der Waals surface area contributed by atoms with Crippen LogP contribution in [-0.4, -0.2) is 11.7 Å². The van der Waals surface area contributed by atoms with Gasteiger partial charge in [-0.3, -0.25) is 0 Å². The van der Waals surface area contributed by atoms with Gasteiger partial charge < -0.3 is 9.84 Å². The maximum atomic E-state index is 8.83. The van der Waals surface area contributed by atoms with Crippen LogP contribution in [0.2, 0.25) is 0 Å². The summed E-state index contributed by atoms with van der Waals surface area (Å²) in [7, 11) is 0. The minimum atomic E-state index is -0.0545. The first kappa shape index (κ1) is 9.56. The van der Waals surface area contributed by atoms with Gasteiger partial charge in [-0.05, 0) is 24.6 Å². The fourth-order valence-electron chi connectivity index (χ4n) is 1.04. The Kier molecular flexibility index (Phi) is 3.30. The molecule has 0 aromatic heterocycles. The lowest BCUT2D eigenvalue weighted by molar-refractivity contribution is 0.281. The van der Waals surface area contributed by atoms with Crippen molar-refractivity contribution in [3.05, 3.63) is 29.3 Å². The number of nitrogens with zero attached hydrogens (tertiary/aromatic N) is 1. The van der Waals surface area contributed by atoms with E-state index in [-0.39, 0.29) is 6.61 Å². The van der Waals surface area contributed by atoms with Crippen molar-refractivity contribution in [3.8, 4) is 11.8 Å². The average Bonchev–Trinajstić information content (AvgIpc) is 2.19. The first-order valence-corrected chi connectivity index (χ1v) is 4.08. The molecule has 0 spiro atoms. The van der Waals surface area contributed by atoms with E-state index in [1.54, 1.807) is 18.2 Å². The lowest BCUT2D eigenvalue weighted by Gasteiger charge is -2.05. The number of nitriles is 1. The molecule has 0 atom stereocenters. The summed E-state index contributed by atoms with van der Waals surface area (Å²) in [6.45, 7) is 2.34. The number of aliphatic hydroxyl groups excluding tert-OH is 1. The van der Waals surface area contributed by atoms with Gasteiger partial charge in [0.25, 0.3) is 0 Å². The molecule has 0 aliphatic rings. The van der Waals surface area contributed by atoms with Gasteiger partial charge in [0.15, 0.2) is 0 Å². The Labute approximate surface area is 77.2 Å². The van der Waals surface area contributed by atoms with E-state index < -0.39 is 0 Å². The predicted molar refractivity (Wildman–Crippen MR) is 48.2 cm³/mol. The topological polar surface area (TPSA) is 53.2 Å². The number of hydrogen-bond donors (Lipinski definition) is 1. The highest BCUT2D eigenvalue weighted by Gasteiger charge is 2.02. The fourth-order valence-corrected chi connectivity index (χ4v) is 1.04. The summed E-state index contributed by atoms with van der Waals surface area (Å²) in [6.07, 6.45) is 0. The van der Waals surface area contributed by atoms with Crippen molar-refractivity contribution >= 4 is 0 Å². The molecule has 0 saturated heterocycles. The summed E-state index contributed by atoms with van der Waals surface area (Å²) in [4.78, 5) is 0. The van der Waals surface area contributed by atoms with E-state index >= 15 is 0 Å². The standard InChI is InChI=1S/C10H11NO2/c1-2-13-10-4-3-8(7-12)5-9(10)6-11/h3-5,12H,2,7H2,1H3. The van der Waals surface area contributed by atoms with Crippen molar-refractivity contribution < 1.29 is 9.84 Å². The highest BCUT2D eigenvalue weighted by molar-refractivity contribution is 5.45. The molecule has 68 valence electrons. The Morgan fingerprint density at radius 1 is 1.54 bits per heavy atom. The summed E-state index contributed by atoms with van der Waals surface area (Å²) in [5.74, 6) is 0.571. The van der Waals surface area contributed by atoms with Crippen LogP contribution in [0.25, 0.3) is 0 Å². The molecule has 0 aliphatic heterocycles. The zero-order valence-electron chi connectivity index (χ0n) is 7.45. The van der Waals surface area contributed by atoms with Gasteiger partial charge in [0.05, 0.1) is 18.8 Å². The molecule has 0 amide bonds. The Balaban J connectivity index is 3.02. The van der Waals surface area contributed by atoms with E-state index in [0.29, 0.717) is 17.9 Å². The van der Waals surface area contributed by atoms with Gasteiger partial charge in [-0.1, -0.05) is 6.07 Å². The highest BCUT2D eigenvalue weighted by Crippen LogP contribution is 2.19. The summed E-state index contributed by atoms with van der Waals surface area (Å²) in [5, 5.41) is 17.6. The van der Waals surface area contributed by atoms with Gasteiger partial charge in [-0.25, -0.2) is 0 Å². The molecule has 0 radical (unpaired) electrons. The van der Waals surface area contributed by atoms with Crippen LogP contribution in [0, 0.1) is 11.3 Å². The SMILES string of the molecule is CCOc1ccc(CO)cc1C#N. The quantitative estimate of drug-likeness (QED) is 0.760. The van der Waals surface area contributed by atoms with Crippen LogP contribution < -0.4 is 4.74 Å². The summed E-state index contributed by atoms with van der Waals surface area (Å²) >= 11 is 0. The molecule has 1 aromatic carbocycles. The molecule has 1 N–H and O–H groups in total. The van der Waals surface area contributed by atoms with Crippen molar-refractivity contribution in [3.63, 3.8) is 0 Å². The van der Waals surface area contributed by atoms with Crippen molar-refractivity contribution in [2.45, 2.75) is 13.5 Å². The molecular formula is C10H11NO2. The van der Waals surface area contributed by atoms with Crippen LogP contribution in [0.3, 0.4) is 0 Å². The van der Waals surface area contributed by atoms with Crippen LogP contribution in [0.4, 0.5) is 0 Å². The number of ether oxygens (including phenoxy) is 1. The Bertz CT molecular complexity index is 328. The summed E-state index contributed by atoms with van der Waals surface area (Å²) in [6, 6.07) is 7.09. The third-order valence-electron chi connectivity index (χ3n) is 1.65. The second-order valence-electron chi connectivity index (χ2n) is 2.53. The van der Waals surface area contributed by atoms with Gasteiger partial charge in [-0.15, -0.1) is 0 Å². The maximum Gasteiger partial charge on any atom is 0.137 e. The number of hydrogen-bond acceptors (Lipinski definition) is 3. The minimum absolute atomic E-state index is 0.0545. The lowest BCUT2D eigenvalue weighted by Crippen LogP contribution is -1.95. The van der Waals surface area contributed by atoms with Crippen LogP contribution in [0.15, 0.2) is 18.2 Å². The van der Waals surface area contributed by atoms with Crippen molar-refractivity contribution in [2.24, 2.45) is 0 Å². The molecule has 13 heavy (non-hydrogen) atoms. The van der Waals surface area contributed by atoms with E-state index in [2.05, 4.69) is 0 Å². The van der Waals surface area contributed by atoms with Crippen molar-refractivity contribution in [1.29, 1.82) is 5.26 Å². The van der Waals surface area contributed by atoms with Crippen molar-refractivity contribution in [2.75, 3.05) is 6.61 Å².